The van der Waals surface area contributed by atoms with Crippen LogP contribution in [-0.4, -0.2) is 17.1 Å². The van der Waals surface area contributed by atoms with Crippen molar-refractivity contribution in [3.05, 3.63) is 42.2 Å². The molecular weight excluding hydrogens is 212 g/mol. The van der Waals surface area contributed by atoms with E-state index in [1.807, 2.05) is 45.0 Å². The number of rotatable bonds is 2. The molecule has 0 fully saturated rings. The molecule has 0 radical (unpaired) electrons. The number of hydrogen-bond donors (Lipinski definition) is 0. The summed E-state index contributed by atoms with van der Waals surface area (Å²) < 4.78 is 5.25. The summed E-state index contributed by atoms with van der Waals surface area (Å²) in [5, 5.41) is 0. The molecule has 0 N–H and O–H groups in total. The number of hydrogen-bond acceptors (Lipinski definition) is 3. The molecule has 0 saturated heterocycles. The van der Waals surface area contributed by atoms with Crippen LogP contribution < -0.4 is 4.74 Å². The van der Waals surface area contributed by atoms with E-state index in [1.165, 1.54) is 0 Å². The molecule has 90 valence electrons. The maximum absolute atomic E-state index is 5.25. The minimum atomic E-state index is 0.693. The van der Waals surface area contributed by atoms with Crippen molar-refractivity contribution < 1.29 is 4.74 Å². The number of methoxy groups -OCH3 is 1. The summed E-state index contributed by atoms with van der Waals surface area (Å²) in [6.45, 7) is 5.96. The number of benzene rings is 1. The Morgan fingerprint density at radius 2 is 1.59 bits per heavy atom. The van der Waals surface area contributed by atoms with Gasteiger partial charge in [-0.1, -0.05) is 26.0 Å². The van der Waals surface area contributed by atoms with Gasteiger partial charge in [-0.2, -0.15) is 0 Å². The standard InChI is InChI=1S/C12H12N2O.C2H6/c1-9-7-13-12(14-8-9)10-5-3-4-6-11(10)15-2;1-2/h3-8H,1-2H3;1-2H3. The SMILES string of the molecule is CC.COc1ccccc1-c1ncc(C)cn1. The third-order valence-electron chi connectivity index (χ3n) is 2.13. The second-order valence-corrected chi connectivity index (χ2v) is 3.28. The van der Waals surface area contributed by atoms with Gasteiger partial charge in [-0.3, -0.25) is 0 Å². The van der Waals surface area contributed by atoms with Gasteiger partial charge in [0.1, 0.15) is 5.75 Å². The number of ether oxygens (including phenoxy) is 1. The summed E-state index contributed by atoms with van der Waals surface area (Å²) in [5.41, 5.74) is 1.97. The quantitative estimate of drug-likeness (QED) is 0.792. The Bertz CT molecular complexity index is 452. The van der Waals surface area contributed by atoms with Crippen molar-refractivity contribution in [3.8, 4) is 17.1 Å². The maximum Gasteiger partial charge on any atom is 0.162 e. The molecule has 1 aromatic carbocycles. The molecule has 0 bridgehead atoms. The average molecular weight is 230 g/mol. The van der Waals surface area contributed by atoms with Crippen LogP contribution in [0.3, 0.4) is 0 Å². The van der Waals surface area contributed by atoms with Gasteiger partial charge in [0, 0.05) is 12.4 Å². The van der Waals surface area contributed by atoms with Gasteiger partial charge in [0.2, 0.25) is 0 Å². The smallest absolute Gasteiger partial charge is 0.162 e. The van der Waals surface area contributed by atoms with Crippen LogP contribution >= 0.6 is 0 Å². The Morgan fingerprint density at radius 1 is 1.00 bits per heavy atom. The van der Waals surface area contributed by atoms with E-state index in [0.29, 0.717) is 5.82 Å². The highest BCUT2D eigenvalue weighted by molar-refractivity contribution is 5.63. The van der Waals surface area contributed by atoms with Crippen LogP contribution in [0.5, 0.6) is 5.75 Å². The lowest BCUT2D eigenvalue weighted by Gasteiger charge is -2.06. The first-order valence-corrected chi connectivity index (χ1v) is 5.73. The van der Waals surface area contributed by atoms with Crippen molar-refractivity contribution in [1.29, 1.82) is 0 Å². The van der Waals surface area contributed by atoms with Crippen molar-refractivity contribution in [2.24, 2.45) is 0 Å². The third-order valence-corrected chi connectivity index (χ3v) is 2.13. The van der Waals surface area contributed by atoms with Crippen molar-refractivity contribution in [1.82, 2.24) is 9.97 Å². The first-order valence-electron chi connectivity index (χ1n) is 5.73. The topological polar surface area (TPSA) is 35.0 Å². The Morgan fingerprint density at radius 3 is 2.18 bits per heavy atom. The first-order chi connectivity index (χ1) is 8.31. The Labute approximate surface area is 103 Å². The van der Waals surface area contributed by atoms with Crippen LogP contribution in [0.25, 0.3) is 11.4 Å². The number of para-hydroxylation sites is 1. The predicted octanol–water partition coefficient (Wildman–Crippen LogP) is 3.49. The molecule has 3 nitrogen and oxygen atoms in total. The Kier molecular flexibility index (Phi) is 5.14. The Balaban J connectivity index is 0.000000686. The maximum atomic E-state index is 5.25. The van der Waals surface area contributed by atoms with E-state index in [0.717, 1.165) is 16.9 Å². The Hall–Kier alpha value is -1.90. The average Bonchev–Trinajstić information content (AvgIpc) is 2.42. The van der Waals surface area contributed by atoms with Crippen LogP contribution in [0.4, 0.5) is 0 Å². The van der Waals surface area contributed by atoms with E-state index in [-0.39, 0.29) is 0 Å². The predicted molar refractivity (Wildman–Crippen MR) is 70.1 cm³/mol. The molecule has 2 aromatic rings. The monoisotopic (exact) mass is 230 g/mol. The molecule has 0 aliphatic rings. The molecule has 3 heteroatoms. The number of aryl methyl sites for hydroxylation is 1. The van der Waals surface area contributed by atoms with E-state index < -0.39 is 0 Å². The van der Waals surface area contributed by atoms with Crippen LogP contribution in [0.1, 0.15) is 19.4 Å². The highest BCUT2D eigenvalue weighted by Crippen LogP contribution is 2.26. The summed E-state index contributed by atoms with van der Waals surface area (Å²) in [6, 6.07) is 7.72. The van der Waals surface area contributed by atoms with Crippen molar-refractivity contribution in [2.45, 2.75) is 20.8 Å². The summed E-state index contributed by atoms with van der Waals surface area (Å²) in [7, 11) is 1.65. The van der Waals surface area contributed by atoms with Crippen molar-refractivity contribution >= 4 is 0 Å². The second-order valence-electron chi connectivity index (χ2n) is 3.28. The van der Waals surface area contributed by atoms with Crippen LogP contribution in [0, 0.1) is 6.92 Å². The minimum Gasteiger partial charge on any atom is -0.496 e. The molecule has 1 aromatic heterocycles. The normalized spacial score (nSPS) is 9.18. The fraction of sp³-hybridized carbons (Fsp3) is 0.286. The lowest BCUT2D eigenvalue weighted by molar-refractivity contribution is 0.416. The van der Waals surface area contributed by atoms with Gasteiger partial charge in [-0.05, 0) is 24.6 Å². The number of aromatic nitrogens is 2. The molecule has 0 unspecified atom stereocenters. The third kappa shape index (κ3) is 3.28. The van der Waals surface area contributed by atoms with Gasteiger partial charge in [0.15, 0.2) is 5.82 Å². The molecule has 0 aliphatic carbocycles. The summed E-state index contributed by atoms with van der Waals surface area (Å²) >= 11 is 0. The molecule has 17 heavy (non-hydrogen) atoms. The lowest BCUT2D eigenvalue weighted by atomic mass is 10.2. The van der Waals surface area contributed by atoms with E-state index in [2.05, 4.69) is 9.97 Å². The van der Waals surface area contributed by atoms with Crippen molar-refractivity contribution in [3.63, 3.8) is 0 Å². The van der Waals surface area contributed by atoms with Crippen LogP contribution in [0.2, 0.25) is 0 Å². The minimum absolute atomic E-state index is 0.693. The van der Waals surface area contributed by atoms with Gasteiger partial charge in [-0.25, -0.2) is 9.97 Å². The van der Waals surface area contributed by atoms with Gasteiger partial charge in [0.25, 0.3) is 0 Å². The molecule has 2 rings (SSSR count). The summed E-state index contributed by atoms with van der Waals surface area (Å²) in [5.74, 6) is 1.49. The molecule has 0 aliphatic heterocycles. The molecule has 1 heterocycles. The summed E-state index contributed by atoms with van der Waals surface area (Å²) in [6.07, 6.45) is 3.60. The summed E-state index contributed by atoms with van der Waals surface area (Å²) in [4.78, 5) is 8.53. The molecular formula is C14H18N2O. The zero-order valence-corrected chi connectivity index (χ0v) is 10.8. The van der Waals surface area contributed by atoms with E-state index >= 15 is 0 Å². The highest BCUT2D eigenvalue weighted by Gasteiger charge is 2.06. The van der Waals surface area contributed by atoms with E-state index in [4.69, 9.17) is 4.74 Å². The van der Waals surface area contributed by atoms with Crippen molar-refractivity contribution in [2.75, 3.05) is 7.11 Å². The van der Waals surface area contributed by atoms with Gasteiger partial charge in [-0.15, -0.1) is 0 Å². The van der Waals surface area contributed by atoms with Crippen LogP contribution in [-0.2, 0) is 0 Å². The fourth-order valence-electron chi connectivity index (χ4n) is 1.36. The molecule has 0 atom stereocenters. The molecule has 0 spiro atoms. The second kappa shape index (κ2) is 6.63. The van der Waals surface area contributed by atoms with E-state index in [9.17, 15) is 0 Å². The van der Waals surface area contributed by atoms with Gasteiger partial charge in [0.05, 0.1) is 12.7 Å². The number of nitrogens with zero attached hydrogens (tertiary/aromatic N) is 2. The van der Waals surface area contributed by atoms with Gasteiger partial charge < -0.3 is 4.74 Å². The first kappa shape index (κ1) is 13.2. The fourth-order valence-corrected chi connectivity index (χ4v) is 1.36. The zero-order valence-electron chi connectivity index (χ0n) is 10.8. The molecule has 0 saturated carbocycles. The largest absolute Gasteiger partial charge is 0.496 e. The zero-order chi connectivity index (χ0) is 12.7. The van der Waals surface area contributed by atoms with Gasteiger partial charge >= 0.3 is 0 Å². The van der Waals surface area contributed by atoms with E-state index in [1.54, 1.807) is 19.5 Å². The highest BCUT2D eigenvalue weighted by atomic mass is 16.5. The lowest BCUT2D eigenvalue weighted by Crippen LogP contribution is -1.92. The van der Waals surface area contributed by atoms with Crippen LogP contribution in [0.15, 0.2) is 36.7 Å². The molecule has 0 amide bonds.